The molecule has 2 rings (SSSR count). The number of nitrogens with zero attached hydrogens (tertiary/aromatic N) is 2. The van der Waals surface area contributed by atoms with Crippen molar-refractivity contribution >= 4 is 11.6 Å². The summed E-state index contributed by atoms with van der Waals surface area (Å²) in [7, 11) is 1.92. The molecule has 1 aromatic heterocycles. The molecule has 0 fully saturated rings. The van der Waals surface area contributed by atoms with Gasteiger partial charge in [0.2, 0.25) is 0 Å². The predicted octanol–water partition coefficient (Wildman–Crippen LogP) is 2.78. The van der Waals surface area contributed by atoms with Gasteiger partial charge in [-0.25, -0.2) is 0 Å². The zero-order valence-corrected chi connectivity index (χ0v) is 10.9. The predicted molar refractivity (Wildman–Crippen MR) is 72.5 cm³/mol. The van der Waals surface area contributed by atoms with Gasteiger partial charge in [-0.3, -0.25) is 0 Å². The molecule has 3 nitrogen and oxygen atoms in total. The van der Waals surface area contributed by atoms with Crippen molar-refractivity contribution in [2.24, 2.45) is 0 Å². The molecular weight excluding hydrogens is 246 g/mol. The van der Waals surface area contributed by atoms with Gasteiger partial charge in [0.25, 0.3) is 0 Å². The second-order valence-corrected chi connectivity index (χ2v) is 4.48. The number of aromatic nitrogens is 1. The van der Waals surface area contributed by atoms with E-state index in [1.54, 1.807) is 12.1 Å². The van der Waals surface area contributed by atoms with Crippen LogP contribution in [0.15, 0.2) is 36.5 Å². The number of hydrogen-bond acceptors (Lipinski definition) is 2. The minimum Gasteiger partial charge on any atom is -0.346 e. The second-order valence-electron chi connectivity index (χ2n) is 4.08. The van der Waals surface area contributed by atoms with Crippen molar-refractivity contribution in [3.8, 4) is 6.07 Å². The van der Waals surface area contributed by atoms with E-state index in [1.807, 2.05) is 25.4 Å². The van der Waals surface area contributed by atoms with Gasteiger partial charge < -0.3 is 9.88 Å². The van der Waals surface area contributed by atoms with E-state index in [0.717, 1.165) is 12.1 Å². The first-order chi connectivity index (χ1) is 8.74. The fourth-order valence-electron chi connectivity index (χ4n) is 1.87. The molecule has 92 valence electrons. The molecule has 0 spiro atoms. The van der Waals surface area contributed by atoms with Crippen LogP contribution in [0.4, 0.5) is 0 Å². The molecule has 4 heteroatoms. The summed E-state index contributed by atoms with van der Waals surface area (Å²) in [5.74, 6) is 0. The molecule has 0 amide bonds. The van der Waals surface area contributed by atoms with Gasteiger partial charge in [0.15, 0.2) is 0 Å². The molecule has 0 saturated carbocycles. The molecule has 0 unspecified atom stereocenters. The highest BCUT2D eigenvalue weighted by atomic mass is 35.5. The summed E-state index contributed by atoms with van der Waals surface area (Å²) < 4.78 is 2.14. The van der Waals surface area contributed by atoms with Crippen LogP contribution in [-0.4, -0.2) is 11.6 Å². The topological polar surface area (TPSA) is 40.8 Å². The van der Waals surface area contributed by atoms with E-state index in [4.69, 9.17) is 16.9 Å². The van der Waals surface area contributed by atoms with Crippen LogP contribution < -0.4 is 5.32 Å². The van der Waals surface area contributed by atoms with Crippen molar-refractivity contribution in [3.63, 3.8) is 0 Å². The molecule has 0 saturated heterocycles. The van der Waals surface area contributed by atoms with Gasteiger partial charge in [0.1, 0.15) is 0 Å². The molecule has 0 aliphatic heterocycles. The Morgan fingerprint density at radius 2 is 2.22 bits per heavy atom. The van der Waals surface area contributed by atoms with E-state index in [9.17, 15) is 0 Å². The van der Waals surface area contributed by atoms with Crippen LogP contribution in [0.3, 0.4) is 0 Å². The van der Waals surface area contributed by atoms with E-state index >= 15 is 0 Å². The summed E-state index contributed by atoms with van der Waals surface area (Å²) in [5.41, 5.74) is 2.81. The smallest absolute Gasteiger partial charge is 0.0992 e. The molecule has 1 N–H and O–H groups in total. The van der Waals surface area contributed by atoms with Crippen LogP contribution in [0.5, 0.6) is 0 Å². The maximum absolute atomic E-state index is 8.80. The second kappa shape index (κ2) is 5.72. The van der Waals surface area contributed by atoms with E-state index in [-0.39, 0.29) is 0 Å². The Hall–Kier alpha value is -1.76. The van der Waals surface area contributed by atoms with Gasteiger partial charge in [0, 0.05) is 30.0 Å². The average Bonchev–Trinajstić information content (AvgIpc) is 2.80. The highest BCUT2D eigenvalue weighted by molar-refractivity contribution is 6.31. The third kappa shape index (κ3) is 2.73. The van der Waals surface area contributed by atoms with Gasteiger partial charge >= 0.3 is 0 Å². The highest BCUT2D eigenvalue weighted by Crippen LogP contribution is 2.19. The summed E-state index contributed by atoms with van der Waals surface area (Å²) in [6, 6.07) is 11.6. The first-order valence-corrected chi connectivity index (χ1v) is 6.09. The molecule has 1 heterocycles. The van der Waals surface area contributed by atoms with Crippen molar-refractivity contribution in [1.29, 1.82) is 5.26 Å². The number of nitrogens with one attached hydrogen (secondary N) is 1. The first-order valence-electron chi connectivity index (χ1n) is 5.71. The number of benzene rings is 1. The summed E-state index contributed by atoms with van der Waals surface area (Å²) in [4.78, 5) is 0. The van der Waals surface area contributed by atoms with Crippen LogP contribution in [0.2, 0.25) is 5.02 Å². The van der Waals surface area contributed by atoms with Gasteiger partial charge in [-0.2, -0.15) is 5.26 Å². The number of rotatable bonds is 4. The Bertz CT molecular complexity index is 581. The Labute approximate surface area is 112 Å². The first kappa shape index (κ1) is 12.7. The normalized spacial score (nSPS) is 10.3. The summed E-state index contributed by atoms with van der Waals surface area (Å²) in [5, 5.41) is 12.6. The number of halogens is 1. The molecule has 0 radical (unpaired) electrons. The zero-order chi connectivity index (χ0) is 13.0. The molecule has 2 aromatic rings. The van der Waals surface area contributed by atoms with Crippen LogP contribution >= 0.6 is 11.6 Å². The Morgan fingerprint density at radius 3 is 2.89 bits per heavy atom. The van der Waals surface area contributed by atoms with Crippen molar-refractivity contribution < 1.29 is 0 Å². The third-order valence-corrected chi connectivity index (χ3v) is 3.16. The Morgan fingerprint density at radius 1 is 1.39 bits per heavy atom. The third-order valence-electron chi connectivity index (χ3n) is 2.80. The van der Waals surface area contributed by atoms with Crippen molar-refractivity contribution in [2.75, 3.05) is 7.05 Å². The van der Waals surface area contributed by atoms with Gasteiger partial charge in [-0.15, -0.1) is 0 Å². The largest absolute Gasteiger partial charge is 0.346 e. The Kier molecular flexibility index (Phi) is 4.03. The fourth-order valence-corrected chi connectivity index (χ4v) is 2.11. The molecule has 0 aliphatic rings. The van der Waals surface area contributed by atoms with Gasteiger partial charge in [-0.1, -0.05) is 17.7 Å². The van der Waals surface area contributed by atoms with E-state index in [1.165, 1.54) is 5.69 Å². The van der Waals surface area contributed by atoms with Crippen LogP contribution in [0.1, 0.15) is 16.8 Å². The molecule has 1 aromatic carbocycles. The van der Waals surface area contributed by atoms with E-state index in [2.05, 4.69) is 22.0 Å². The highest BCUT2D eigenvalue weighted by Gasteiger charge is 2.05. The maximum Gasteiger partial charge on any atom is 0.0992 e. The molecular formula is C14H14ClN3. The molecule has 18 heavy (non-hydrogen) atoms. The lowest BCUT2D eigenvalue weighted by molar-refractivity contribution is 0.694. The standard InChI is InChI=1S/C14H14ClN3/c1-17-9-13-3-2-6-18(13)10-12-5-4-11(8-16)7-14(12)15/h2-7,17H,9-10H2,1H3. The van der Waals surface area contributed by atoms with Crippen LogP contribution in [-0.2, 0) is 13.1 Å². The van der Waals surface area contributed by atoms with Crippen molar-refractivity contribution in [3.05, 3.63) is 58.4 Å². The minimum absolute atomic E-state index is 0.590. The maximum atomic E-state index is 8.80. The van der Waals surface area contributed by atoms with Crippen LogP contribution in [0.25, 0.3) is 0 Å². The lowest BCUT2D eigenvalue weighted by atomic mass is 10.1. The molecule has 0 bridgehead atoms. The van der Waals surface area contributed by atoms with Gasteiger partial charge in [0.05, 0.1) is 11.6 Å². The summed E-state index contributed by atoms with van der Waals surface area (Å²) >= 11 is 6.17. The van der Waals surface area contributed by atoms with Crippen molar-refractivity contribution in [2.45, 2.75) is 13.1 Å². The number of hydrogen-bond donors (Lipinski definition) is 1. The van der Waals surface area contributed by atoms with E-state index < -0.39 is 0 Å². The van der Waals surface area contributed by atoms with E-state index in [0.29, 0.717) is 17.1 Å². The summed E-state index contributed by atoms with van der Waals surface area (Å²) in [6.45, 7) is 1.54. The monoisotopic (exact) mass is 259 g/mol. The fraction of sp³-hybridized carbons (Fsp3) is 0.214. The van der Waals surface area contributed by atoms with Crippen LogP contribution in [0, 0.1) is 11.3 Å². The van der Waals surface area contributed by atoms with Crippen molar-refractivity contribution in [1.82, 2.24) is 9.88 Å². The lowest BCUT2D eigenvalue weighted by Crippen LogP contribution is -2.11. The average molecular weight is 260 g/mol. The van der Waals surface area contributed by atoms with Gasteiger partial charge in [-0.05, 0) is 36.9 Å². The quantitative estimate of drug-likeness (QED) is 0.917. The zero-order valence-electron chi connectivity index (χ0n) is 10.2. The molecule has 0 aliphatic carbocycles. The number of nitriles is 1. The summed E-state index contributed by atoms with van der Waals surface area (Å²) in [6.07, 6.45) is 2.03. The minimum atomic E-state index is 0.590. The lowest BCUT2D eigenvalue weighted by Gasteiger charge is -2.10. The molecule has 0 atom stereocenters. The Balaban J connectivity index is 2.23. The SMILES string of the molecule is CNCc1cccn1Cc1ccc(C#N)cc1Cl.